The van der Waals surface area contributed by atoms with Crippen LogP contribution in [0.1, 0.15) is 92.4 Å². The highest BCUT2D eigenvalue weighted by Gasteiger charge is 2.63. The maximum atomic E-state index is 12.3. The normalized spacial score (nSPS) is 40.1. The molecule has 0 aliphatic heterocycles. The van der Waals surface area contributed by atoms with Gasteiger partial charge in [0, 0.05) is 19.3 Å². The molecule has 0 amide bonds. The van der Waals surface area contributed by atoms with E-state index in [9.17, 15) is 19.5 Å². The van der Waals surface area contributed by atoms with Crippen LogP contribution in [0.4, 0.5) is 0 Å². The lowest BCUT2D eigenvalue weighted by Crippen LogP contribution is -2.58. The average molecular weight is 503 g/mol. The van der Waals surface area contributed by atoms with E-state index in [-0.39, 0.29) is 52.4 Å². The van der Waals surface area contributed by atoms with Gasteiger partial charge in [0.15, 0.2) is 5.78 Å². The summed E-state index contributed by atoms with van der Waals surface area (Å²) in [5.74, 6) is 1.21. The molecule has 3 saturated carbocycles. The van der Waals surface area contributed by atoms with Crippen LogP contribution in [-0.4, -0.2) is 42.1 Å². The Morgan fingerprint density at radius 2 is 1.86 bits per heavy atom. The molecule has 3 fully saturated rings. The van der Waals surface area contributed by atoms with E-state index in [4.69, 9.17) is 9.47 Å². The number of methoxy groups -OCH3 is 1. The van der Waals surface area contributed by atoms with Crippen LogP contribution in [0.5, 0.6) is 0 Å². The van der Waals surface area contributed by atoms with Crippen LogP contribution in [0.15, 0.2) is 11.6 Å². The first-order valence-electron chi connectivity index (χ1n) is 14.1. The molecule has 202 valence electrons. The lowest BCUT2D eigenvalue weighted by atomic mass is 9.45. The van der Waals surface area contributed by atoms with E-state index < -0.39 is 6.10 Å². The Labute approximate surface area is 216 Å². The number of aliphatic hydroxyl groups is 1. The predicted molar refractivity (Wildman–Crippen MR) is 137 cm³/mol. The number of hydrogen-bond donors (Lipinski definition) is 1. The first kappa shape index (κ1) is 27.3. The zero-order valence-electron chi connectivity index (χ0n) is 23.0. The Morgan fingerprint density at radius 1 is 1.14 bits per heavy atom. The van der Waals surface area contributed by atoms with Gasteiger partial charge in [-0.1, -0.05) is 33.3 Å². The quantitative estimate of drug-likeness (QED) is 0.478. The fraction of sp³-hybridized carbons (Fsp3) is 0.833. The highest BCUT2D eigenvalue weighted by Crippen LogP contribution is 2.68. The number of aliphatic hydroxyl groups excluding tert-OH is 1. The minimum absolute atomic E-state index is 0.0162. The summed E-state index contributed by atoms with van der Waals surface area (Å²) in [6, 6.07) is 0. The molecule has 1 N–H and O–H groups in total. The number of hydrogen-bond acceptors (Lipinski definition) is 6. The second kappa shape index (κ2) is 10.2. The third kappa shape index (κ3) is 4.68. The van der Waals surface area contributed by atoms with Crippen molar-refractivity contribution in [2.45, 2.75) is 105 Å². The Bertz CT molecular complexity index is 909. The fourth-order valence-corrected chi connectivity index (χ4v) is 9.15. The maximum Gasteiger partial charge on any atom is 0.308 e. The molecule has 0 saturated heterocycles. The maximum absolute atomic E-state index is 12.3. The highest BCUT2D eigenvalue weighted by atomic mass is 16.5. The summed E-state index contributed by atoms with van der Waals surface area (Å²) < 4.78 is 11.0. The molecule has 10 atom stereocenters. The molecule has 0 spiro atoms. The van der Waals surface area contributed by atoms with Crippen LogP contribution in [0, 0.1) is 46.3 Å². The Hall–Kier alpha value is -1.69. The van der Waals surface area contributed by atoms with Crippen LogP contribution < -0.4 is 0 Å². The van der Waals surface area contributed by atoms with Gasteiger partial charge in [0.05, 0.1) is 19.1 Å². The minimum atomic E-state index is -0.481. The summed E-state index contributed by atoms with van der Waals surface area (Å²) in [6.07, 6.45) is 8.87. The predicted octanol–water partition coefficient (Wildman–Crippen LogP) is 5.26. The molecule has 6 nitrogen and oxygen atoms in total. The van der Waals surface area contributed by atoms with E-state index in [2.05, 4.69) is 20.8 Å². The smallest absolute Gasteiger partial charge is 0.308 e. The number of carbonyl (C=O) groups excluding carboxylic acids is 3. The lowest BCUT2D eigenvalue weighted by molar-refractivity contribution is -0.178. The van der Waals surface area contributed by atoms with E-state index in [1.165, 1.54) is 19.6 Å². The topological polar surface area (TPSA) is 89.9 Å². The second-order valence-electron chi connectivity index (χ2n) is 12.9. The highest BCUT2D eigenvalue weighted by molar-refractivity contribution is 5.91. The first-order chi connectivity index (χ1) is 16.9. The molecular weight excluding hydrogens is 456 g/mol. The van der Waals surface area contributed by atoms with Crippen molar-refractivity contribution in [3.8, 4) is 0 Å². The van der Waals surface area contributed by atoms with Gasteiger partial charge in [-0.25, -0.2) is 0 Å². The summed E-state index contributed by atoms with van der Waals surface area (Å²) in [7, 11) is 1.41. The summed E-state index contributed by atoms with van der Waals surface area (Å²) in [5.41, 5.74) is 1.15. The molecule has 4 rings (SSSR count). The number of ether oxygens (including phenoxy) is 2. The first-order valence-corrected chi connectivity index (χ1v) is 14.1. The number of ketones is 1. The van der Waals surface area contributed by atoms with Crippen molar-refractivity contribution in [3.05, 3.63) is 11.6 Å². The molecular formula is C30H46O6. The Morgan fingerprint density at radius 3 is 2.53 bits per heavy atom. The van der Waals surface area contributed by atoms with Crippen molar-refractivity contribution in [2.24, 2.45) is 46.3 Å². The molecule has 0 aromatic heterocycles. The van der Waals surface area contributed by atoms with Crippen molar-refractivity contribution in [1.29, 1.82) is 0 Å². The van der Waals surface area contributed by atoms with E-state index in [1.54, 1.807) is 0 Å². The summed E-state index contributed by atoms with van der Waals surface area (Å²) in [6.45, 7) is 10.2. The lowest BCUT2D eigenvalue weighted by Gasteiger charge is -2.60. The van der Waals surface area contributed by atoms with Crippen LogP contribution in [0.2, 0.25) is 0 Å². The van der Waals surface area contributed by atoms with Gasteiger partial charge < -0.3 is 14.6 Å². The molecule has 0 aromatic carbocycles. The molecule has 0 unspecified atom stereocenters. The second-order valence-corrected chi connectivity index (χ2v) is 12.9. The van der Waals surface area contributed by atoms with Gasteiger partial charge in [-0.05, 0) is 91.9 Å². The van der Waals surface area contributed by atoms with Crippen molar-refractivity contribution in [1.82, 2.24) is 0 Å². The Balaban J connectivity index is 1.58. The van der Waals surface area contributed by atoms with E-state index in [1.807, 2.05) is 13.0 Å². The van der Waals surface area contributed by atoms with Crippen molar-refractivity contribution >= 4 is 17.7 Å². The van der Waals surface area contributed by atoms with Gasteiger partial charge in [-0.15, -0.1) is 0 Å². The van der Waals surface area contributed by atoms with Gasteiger partial charge in [-0.2, -0.15) is 0 Å². The molecule has 6 heteroatoms. The largest absolute Gasteiger partial charge is 0.469 e. The molecule has 0 aromatic rings. The Kier molecular flexibility index (Phi) is 7.77. The molecule has 4 aliphatic carbocycles. The third-order valence-corrected chi connectivity index (χ3v) is 11.0. The van der Waals surface area contributed by atoms with Crippen LogP contribution >= 0.6 is 0 Å². The zero-order chi connectivity index (χ0) is 26.4. The van der Waals surface area contributed by atoms with Gasteiger partial charge in [0.1, 0.15) is 6.10 Å². The number of esters is 2. The van der Waals surface area contributed by atoms with Gasteiger partial charge >= 0.3 is 11.9 Å². The minimum Gasteiger partial charge on any atom is -0.469 e. The molecule has 4 aliphatic rings. The summed E-state index contributed by atoms with van der Waals surface area (Å²) >= 11 is 0. The van der Waals surface area contributed by atoms with E-state index in [0.717, 1.165) is 38.5 Å². The van der Waals surface area contributed by atoms with Crippen molar-refractivity contribution in [3.63, 3.8) is 0 Å². The van der Waals surface area contributed by atoms with E-state index in [0.29, 0.717) is 37.0 Å². The summed E-state index contributed by atoms with van der Waals surface area (Å²) in [5, 5.41) is 11.2. The molecule has 36 heavy (non-hydrogen) atoms. The summed E-state index contributed by atoms with van der Waals surface area (Å²) in [4.78, 5) is 36.3. The number of carbonyl (C=O) groups is 3. The standard InChI is InChI=1S/C30H46O6/c1-17(28(34)35-6)7-12-25(33)18(2)23-10-11-24-22-9-8-20-15-21(32)13-14-29(20,4)27(22)26(36-19(3)31)16-30(23,24)5/h15,17-18,22-27,33H,7-14,16H2,1-6H3/t17-,18+,22+,23-,24+,25+,26-,27-,29+,30-/m1/s1. The monoisotopic (exact) mass is 502 g/mol. The van der Waals surface area contributed by atoms with Gasteiger partial charge in [-0.3, -0.25) is 14.4 Å². The van der Waals surface area contributed by atoms with Gasteiger partial charge in [0.25, 0.3) is 0 Å². The molecule has 0 bridgehead atoms. The van der Waals surface area contributed by atoms with Crippen molar-refractivity contribution < 1.29 is 29.0 Å². The number of fused-ring (bicyclic) bond motifs is 5. The van der Waals surface area contributed by atoms with Crippen molar-refractivity contribution in [2.75, 3.05) is 7.11 Å². The van der Waals surface area contributed by atoms with Gasteiger partial charge in [0.2, 0.25) is 0 Å². The fourth-order valence-electron chi connectivity index (χ4n) is 9.15. The number of allylic oxidation sites excluding steroid dienone is 1. The van der Waals surface area contributed by atoms with Crippen LogP contribution in [-0.2, 0) is 23.9 Å². The average Bonchev–Trinajstić information content (AvgIpc) is 3.17. The molecule has 0 heterocycles. The van der Waals surface area contributed by atoms with Crippen LogP contribution in [0.25, 0.3) is 0 Å². The van der Waals surface area contributed by atoms with Crippen LogP contribution in [0.3, 0.4) is 0 Å². The molecule has 0 radical (unpaired) electrons. The third-order valence-electron chi connectivity index (χ3n) is 11.0. The number of rotatable bonds is 7. The van der Waals surface area contributed by atoms with E-state index >= 15 is 0 Å². The zero-order valence-corrected chi connectivity index (χ0v) is 23.0. The SMILES string of the molecule is COC(=O)[C@H](C)CC[C@H](O)[C@@H](C)[C@H]1CC[C@H]2[C@@H]3CCC4=CC(=O)CC[C@]4(C)[C@H]3[C@H](OC(C)=O)C[C@]12C.